The highest BCUT2D eigenvalue weighted by Gasteiger charge is 2.27. The summed E-state index contributed by atoms with van der Waals surface area (Å²) in [5, 5.41) is 1.05. The Kier molecular flexibility index (Phi) is 6.36. The molecule has 0 bridgehead atoms. The summed E-state index contributed by atoms with van der Waals surface area (Å²) in [4.78, 5) is 28.8. The van der Waals surface area contributed by atoms with Crippen molar-refractivity contribution in [3.63, 3.8) is 0 Å². The molecule has 1 unspecified atom stereocenters. The maximum Gasteiger partial charge on any atom is 0.421 e. The minimum absolute atomic E-state index is 0.142. The summed E-state index contributed by atoms with van der Waals surface area (Å²) in [6.45, 7) is 4.12. The van der Waals surface area contributed by atoms with Crippen LogP contribution in [0.3, 0.4) is 0 Å². The van der Waals surface area contributed by atoms with Crippen molar-refractivity contribution in [2.75, 3.05) is 47.6 Å². The first kappa shape index (κ1) is 20.4. The van der Waals surface area contributed by atoms with Crippen molar-refractivity contribution >= 4 is 23.0 Å². The number of likely N-dealkylation sites (N-methyl/N-ethyl adjacent to an activating group) is 1. The Bertz CT molecular complexity index is 859. The van der Waals surface area contributed by atoms with Gasteiger partial charge in [-0.1, -0.05) is 11.6 Å². The lowest BCUT2D eigenvalue weighted by molar-refractivity contribution is -0.156. The van der Waals surface area contributed by atoms with E-state index in [9.17, 15) is 9.59 Å². The number of aromatic nitrogens is 1. The van der Waals surface area contributed by atoms with Crippen molar-refractivity contribution in [2.45, 2.75) is 19.8 Å². The quantitative estimate of drug-likeness (QED) is 0.561. The van der Waals surface area contributed by atoms with E-state index in [0.29, 0.717) is 6.54 Å². The van der Waals surface area contributed by atoms with E-state index in [1.165, 1.54) is 4.57 Å². The Morgan fingerprint density at radius 1 is 1.25 bits per heavy atom. The fraction of sp³-hybridized carbons (Fsp3) is 0.524. The summed E-state index contributed by atoms with van der Waals surface area (Å²) in [5.41, 5.74) is 3.03. The zero-order valence-corrected chi connectivity index (χ0v) is 17.1. The highest BCUT2D eigenvalue weighted by Crippen LogP contribution is 2.24. The van der Waals surface area contributed by atoms with Gasteiger partial charge in [-0.05, 0) is 65.1 Å². The van der Waals surface area contributed by atoms with Crippen LogP contribution in [-0.2, 0) is 20.7 Å². The van der Waals surface area contributed by atoms with Gasteiger partial charge in [0.15, 0.2) is 0 Å². The lowest BCUT2D eigenvalue weighted by Crippen LogP contribution is -2.24. The molecule has 2 aromatic rings. The van der Waals surface area contributed by atoms with Crippen molar-refractivity contribution in [3.05, 3.63) is 35.5 Å². The molecule has 28 heavy (non-hydrogen) atoms. The van der Waals surface area contributed by atoms with E-state index in [1.54, 1.807) is 0 Å². The third kappa shape index (κ3) is 4.72. The highest BCUT2D eigenvalue weighted by molar-refractivity contribution is 5.92. The molecule has 1 aromatic carbocycles. The molecule has 1 saturated heterocycles. The van der Waals surface area contributed by atoms with Crippen LogP contribution in [0.4, 0.5) is 4.79 Å². The Hall–Kier alpha value is -2.38. The first-order valence-electron chi connectivity index (χ1n) is 9.63. The number of carbonyl (C=O) groups is 2. The zero-order chi connectivity index (χ0) is 20.3. The van der Waals surface area contributed by atoms with Gasteiger partial charge < -0.3 is 19.3 Å². The number of nitrogens with zero attached hydrogens (tertiary/aromatic N) is 3. The fourth-order valence-corrected chi connectivity index (χ4v) is 3.56. The molecule has 7 nitrogen and oxygen atoms in total. The van der Waals surface area contributed by atoms with Crippen molar-refractivity contribution in [1.82, 2.24) is 14.4 Å². The third-order valence-electron chi connectivity index (χ3n) is 5.18. The maximum atomic E-state index is 12.6. The lowest BCUT2D eigenvalue weighted by atomic mass is 10.1. The number of hydrogen-bond acceptors (Lipinski definition) is 6. The molecule has 152 valence electrons. The van der Waals surface area contributed by atoms with Crippen molar-refractivity contribution in [3.8, 4) is 0 Å². The standard InChI is InChI=1S/C21H29N3O4/c1-15-5-6-19-18(11-15)16(7-9-22(2)3)13-24(19)21(26)28-14-27-20(25)17-8-10-23(4)12-17/h5-6,11,13,17H,7-10,12,14H2,1-4H3. The minimum atomic E-state index is -0.540. The first-order valence-corrected chi connectivity index (χ1v) is 9.63. The highest BCUT2D eigenvalue weighted by atomic mass is 16.7. The number of benzene rings is 1. The Balaban J connectivity index is 1.66. The SMILES string of the molecule is Cc1ccc2c(c1)c(CCN(C)C)cn2C(=O)OCOC(=O)C1CCN(C)C1. The van der Waals surface area contributed by atoms with E-state index in [-0.39, 0.29) is 18.7 Å². The van der Waals surface area contributed by atoms with Gasteiger partial charge in [0.2, 0.25) is 6.79 Å². The largest absolute Gasteiger partial charge is 0.428 e. The summed E-state index contributed by atoms with van der Waals surface area (Å²) in [6.07, 6.45) is 2.89. The van der Waals surface area contributed by atoms with E-state index in [4.69, 9.17) is 9.47 Å². The molecule has 0 saturated carbocycles. The van der Waals surface area contributed by atoms with Crippen molar-refractivity contribution < 1.29 is 19.1 Å². The normalized spacial score (nSPS) is 17.4. The van der Waals surface area contributed by atoms with Crippen molar-refractivity contribution in [2.24, 2.45) is 5.92 Å². The van der Waals surface area contributed by atoms with Crippen LogP contribution in [0, 0.1) is 12.8 Å². The van der Waals surface area contributed by atoms with Crippen LogP contribution >= 0.6 is 0 Å². The molecule has 0 radical (unpaired) electrons. The monoisotopic (exact) mass is 387 g/mol. The molecule has 7 heteroatoms. The molecule has 1 aromatic heterocycles. The summed E-state index contributed by atoms with van der Waals surface area (Å²) in [6, 6.07) is 5.98. The Morgan fingerprint density at radius 2 is 2.04 bits per heavy atom. The number of hydrogen-bond donors (Lipinski definition) is 0. The summed E-state index contributed by atoms with van der Waals surface area (Å²) in [5.74, 6) is -0.450. The van der Waals surface area contributed by atoms with Gasteiger partial charge in [-0.15, -0.1) is 0 Å². The topological polar surface area (TPSA) is 64.0 Å². The first-order chi connectivity index (χ1) is 13.3. The van der Waals surface area contributed by atoms with Gasteiger partial charge in [0, 0.05) is 24.7 Å². The van der Waals surface area contributed by atoms with Gasteiger partial charge in [0.1, 0.15) is 0 Å². The van der Waals surface area contributed by atoms with Gasteiger partial charge in [-0.2, -0.15) is 0 Å². The average Bonchev–Trinajstić information content (AvgIpc) is 3.23. The second kappa shape index (κ2) is 8.75. The van der Waals surface area contributed by atoms with Crippen LogP contribution < -0.4 is 0 Å². The number of esters is 1. The second-order valence-corrected chi connectivity index (χ2v) is 7.84. The second-order valence-electron chi connectivity index (χ2n) is 7.84. The molecule has 1 atom stereocenters. The zero-order valence-electron chi connectivity index (χ0n) is 17.1. The molecular weight excluding hydrogens is 358 g/mol. The fourth-order valence-electron chi connectivity index (χ4n) is 3.56. The van der Waals surface area contributed by atoms with Crippen LogP contribution in [0.25, 0.3) is 10.9 Å². The molecule has 0 spiro atoms. The smallest absolute Gasteiger partial charge is 0.421 e. The Labute approximate surface area is 165 Å². The molecule has 2 heterocycles. The van der Waals surface area contributed by atoms with Crippen LogP contribution in [0.2, 0.25) is 0 Å². The molecule has 1 aliphatic heterocycles. The number of fused-ring (bicyclic) bond motifs is 1. The summed E-state index contributed by atoms with van der Waals surface area (Å²) < 4.78 is 11.9. The molecule has 3 rings (SSSR count). The van der Waals surface area contributed by atoms with E-state index in [2.05, 4.69) is 15.9 Å². The molecule has 1 aliphatic rings. The predicted octanol–water partition coefficient (Wildman–Crippen LogP) is 2.49. The van der Waals surface area contributed by atoms with Gasteiger partial charge in [0.25, 0.3) is 0 Å². The third-order valence-corrected chi connectivity index (χ3v) is 5.18. The van der Waals surface area contributed by atoms with Crippen molar-refractivity contribution in [1.29, 1.82) is 0 Å². The van der Waals surface area contributed by atoms with E-state index in [1.807, 2.05) is 46.4 Å². The summed E-state index contributed by atoms with van der Waals surface area (Å²) in [7, 11) is 6.02. The molecule has 0 N–H and O–H groups in total. The predicted molar refractivity (Wildman–Crippen MR) is 107 cm³/mol. The minimum Gasteiger partial charge on any atom is -0.428 e. The molecule has 0 amide bonds. The lowest BCUT2D eigenvalue weighted by Gasteiger charge is -2.11. The van der Waals surface area contributed by atoms with Crippen LogP contribution in [-0.4, -0.2) is 74.0 Å². The molecule has 1 fully saturated rings. The van der Waals surface area contributed by atoms with E-state index < -0.39 is 6.09 Å². The van der Waals surface area contributed by atoms with E-state index in [0.717, 1.165) is 48.0 Å². The number of ether oxygens (including phenoxy) is 2. The van der Waals surface area contributed by atoms with Gasteiger partial charge in [0.05, 0.1) is 11.4 Å². The Morgan fingerprint density at radius 3 is 2.71 bits per heavy atom. The number of likely N-dealkylation sites (tertiary alicyclic amines) is 1. The van der Waals surface area contributed by atoms with E-state index >= 15 is 0 Å². The van der Waals surface area contributed by atoms with Gasteiger partial charge in [-0.3, -0.25) is 9.36 Å². The molecule has 0 aliphatic carbocycles. The number of carbonyl (C=O) groups excluding carboxylic acids is 2. The van der Waals surface area contributed by atoms with Gasteiger partial charge in [-0.25, -0.2) is 4.79 Å². The van der Waals surface area contributed by atoms with Crippen LogP contribution in [0.5, 0.6) is 0 Å². The maximum absolute atomic E-state index is 12.6. The van der Waals surface area contributed by atoms with Gasteiger partial charge >= 0.3 is 12.1 Å². The summed E-state index contributed by atoms with van der Waals surface area (Å²) >= 11 is 0. The number of aryl methyl sites for hydroxylation is 1. The van der Waals surface area contributed by atoms with Crippen LogP contribution in [0.1, 0.15) is 17.5 Å². The molecular formula is C21H29N3O4. The number of rotatable bonds is 6. The average molecular weight is 387 g/mol. The van der Waals surface area contributed by atoms with Crippen LogP contribution in [0.15, 0.2) is 24.4 Å².